The van der Waals surface area contributed by atoms with Crippen LogP contribution in [0.25, 0.3) is 0 Å². The number of hydrogen-bond acceptors (Lipinski definition) is 3. The van der Waals surface area contributed by atoms with E-state index in [9.17, 15) is 5.11 Å². The summed E-state index contributed by atoms with van der Waals surface area (Å²) in [6, 6.07) is 21.7. The molecule has 2 N–H and O–H groups in total. The van der Waals surface area contributed by atoms with E-state index in [1.807, 2.05) is 66.7 Å². The van der Waals surface area contributed by atoms with E-state index in [4.69, 9.17) is 4.99 Å². The fourth-order valence-electron chi connectivity index (χ4n) is 3.42. The number of hydrazone groups is 1. The minimum absolute atomic E-state index is 0.237. The van der Waals surface area contributed by atoms with E-state index in [0.717, 1.165) is 32.4 Å². The van der Waals surface area contributed by atoms with Crippen molar-refractivity contribution in [2.24, 2.45) is 10.1 Å². The molecule has 172 valence electrons. The van der Waals surface area contributed by atoms with Crippen LogP contribution < -0.4 is 5.43 Å². The number of nitrogens with zero attached hydrogens (tertiary/aromatic N) is 2. The molecule has 4 nitrogen and oxygen atoms in total. The lowest BCUT2D eigenvalue weighted by atomic mass is 9.78. The van der Waals surface area contributed by atoms with Gasteiger partial charge in [0.05, 0.1) is 11.9 Å². The van der Waals surface area contributed by atoms with Crippen LogP contribution in [0.2, 0.25) is 0 Å². The number of amidine groups is 1. The molecule has 0 aliphatic carbocycles. The molecule has 3 aromatic carbocycles. The van der Waals surface area contributed by atoms with Crippen LogP contribution in [0.4, 0.5) is 5.69 Å². The summed E-state index contributed by atoms with van der Waals surface area (Å²) >= 11 is 3.46. The number of halogens is 1. The first-order chi connectivity index (χ1) is 15.4. The predicted octanol–water partition coefficient (Wildman–Crippen LogP) is 7.45. The number of nitrogens with one attached hydrogen (secondary N) is 1. The summed E-state index contributed by atoms with van der Waals surface area (Å²) in [5.74, 6) is 0.960. The number of aromatic hydroxyl groups is 1. The van der Waals surface area contributed by atoms with Gasteiger partial charge in [-0.3, -0.25) is 5.43 Å². The van der Waals surface area contributed by atoms with E-state index < -0.39 is 0 Å². The summed E-state index contributed by atoms with van der Waals surface area (Å²) in [5.41, 5.74) is 7.10. The standard InChI is InChI=1S/C28H32BrN3O/c1-27(2,3)23-16-20(17-24(25(23)33)28(4,5)6)26(31-22-10-8-7-9-11-22)32-30-18-19-12-14-21(29)15-13-19/h7-18,33H,1-6H3,(H,31,32)/b30-18+. The van der Waals surface area contributed by atoms with E-state index in [1.165, 1.54) is 0 Å². The molecule has 5 heteroatoms. The van der Waals surface area contributed by atoms with Gasteiger partial charge >= 0.3 is 0 Å². The zero-order valence-electron chi connectivity index (χ0n) is 20.1. The van der Waals surface area contributed by atoms with Crippen molar-refractivity contribution in [2.45, 2.75) is 52.4 Å². The lowest BCUT2D eigenvalue weighted by molar-refractivity contribution is 0.423. The molecule has 3 rings (SSSR count). The fourth-order valence-corrected chi connectivity index (χ4v) is 3.68. The highest BCUT2D eigenvalue weighted by atomic mass is 79.9. The molecule has 0 aromatic heterocycles. The highest BCUT2D eigenvalue weighted by Crippen LogP contribution is 2.40. The van der Waals surface area contributed by atoms with Crippen molar-refractivity contribution >= 4 is 33.7 Å². The molecule has 3 aromatic rings. The minimum atomic E-state index is -0.237. The Morgan fingerprint density at radius 1 is 0.848 bits per heavy atom. The van der Waals surface area contributed by atoms with Crippen LogP contribution in [0.1, 0.15) is 63.8 Å². The number of para-hydroxylation sites is 1. The SMILES string of the molecule is CC(C)(C)c1cc(C(=Nc2ccccc2)N/N=C/c2ccc(Br)cc2)cc(C(C)(C)C)c1O. The Labute approximate surface area is 205 Å². The number of phenols is 1. The van der Waals surface area contributed by atoms with Gasteiger partial charge < -0.3 is 5.11 Å². The molecule has 0 saturated carbocycles. The highest BCUT2D eigenvalue weighted by Gasteiger charge is 2.27. The van der Waals surface area contributed by atoms with E-state index in [2.05, 4.69) is 68.0 Å². The van der Waals surface area contributed by atoms with Crippen LogP contribution in [-0.4, -0.2) is 17.2 Å². The van der Waals surface area contributed by atoms with Gasteiger partial charge in [0.2, 0.25) is 0 Å². The Morgan fingerprint density at radius 2 is 1.39 bits per heavy atom. The van der Waals surface area contributed by atoms with Gasteiger partial charge in [-0.25, -0.2) is 4.99 Å². The zero-order valence-corrected chi connectivity index (χ0v) is 21.7. The Balaban J connectivity index is 2.11. The van der Waals surface area contributed by atoms with Crippen molar-refractivity contribution in [3.05, 3.63) is 93.5 Å². The van der Waals surface area contributed by atoms with Gasteiger partial charge in [0.25, 0.3) is 0 Å². The minimum Gasteiger partial charge on any atom is -0.507 e. The molecule has 0 bridgehead atoms. The number of hydrogen-bond donors (Lipinski definition) is 2. The molecule has 33 heavy (non-hydrogen) atoms. The van der Waals surface area contributed by atoms with Crippen molar-refractivity contribution in [3.63, 3.8) is 0 Å². The zero-order chi connectivity index (χ0) is 24.2. The molecule has 0 amide bonds. The maximum Gasteiger partial charge on any atom is 0.154 e. The predicted molar refractivity (Wildman–Crippen MR) is 143 cm³/mol. The third-order valence-electron chi connectivity index (χ3n) is 5.25. The van der Waals surface area contributed by atoms with Crippen LogP contribution >= 0.6 is 15.9 Å². The first-order valence-corrected chi connectivity index (χ1v) is 11.8. The summed E-state index contributed by atoms with van der Waals surface area (Å²) in [7, 11) is 0. The Hall–Kier alpha value is -2.92. The number of benzene rings is 3. The second kappa shape index (κ2) is 9.92. The van der Waals surface area contributed by atoms with Gasteiger partial charge in [-0.2, -0.15) is 5.10 Å². The van der Waals surface area contributed by atoms with E-state index in [1.54, 1.807) is 6.21 Å². The number of aliphatic imine (C=N–C) groups is 1. The average Bonchev–Trinajstić information content (AvgIpc) is 2.74. The van der Waals surface area contributed by atoms with Gasteiger partial charge in [0.15, 0.2) is 5.84 Å². The summed E-state index contributed by atoms with van der Waals surface area (Å²) in [6.45, 7) is 12.6. The lowest BCUT2D eigenvalue weighted by Gasteiger charge is -2.28. The first-order valence-electron chi connectivity index (χ1n) is 11.0. The summed E-state index contributed by atoms with van der Waals surface area (Å²) < 4.78 is 1.02. The molecule has 0 radical (unpaired) electrons. The van der Waals surface area contributed by atoms with Crippen LogP contribution in [0, 0.1) is 0 Å². The third kappa shape index (κ3) is 6.55. The molecular formula is C28H32BrN3O. The van der Waals surface area contributed by atoms with E-state index in [-0.39, 0.29) is 10.8 Å². The quantitative estimate of drug-likeness (QED) is 0.219. The smallest absolute Gasteiger partial charge is 0.154 e. The Bertz CT molecular complexity index is 1120. The molecule has 0 unspecified atom stereocenters. The monoisotopic (exact) mass is 505 g/mol. The van der Waals surface area contributed by atoms with Gasteiger partial charge in [-0.05, 0) is 52.8 Å². The Morgan fingerprint density at radius 3 is 1.91 bits per heavy atom. The Kier molecular flexibility index (Phi) is 7.43. The van der Waals surface area contributed by atoms with Crippen molar-refractivity contribution in [1.29, 1.82) is 0 Å². The van der Waals surface area contributed by atoms with Crippen molar-refractivity contribution in [3.8, 4) is 5.75 Å². The second-order valence-electron chi connectivity index (χ2n) is 10.1. The normalized spacial score (nSPS) is 12.9. The molecule has 0 aliphatic heterocycles. The summed E-state index contributed by atoms with van der Waals surface area (Å²) in [5, 5.41) is 15.6. The topological polar surface area (TPSA) is 57.0 Å². The maximum absolute atomic E-state index is 11.1. The van der Waals surface area contributed by atoms with Gasteiger partial charge in [-0.1, -0.05) is 87.8 Å². The largest absolute Gasteiger partial charge is 0.507 e. The van der Waals surface area contributed by atoms with E-state index >= 15 is 0 Å². The average molecular weight is 506 g/mol. The van der Waals surface area contributed by atoms with E-state index in [0.29, 0.717) is 11.6 Å². The van der Waals surface area contributed by atoms with Crippen molar-refractivity contribution < 1.29 is 5.11 Å². The third-order valence-corrected chi connectivity index (χ3v) is 5.78. The summed E-state index contributed by atoms with van der Waals surface area (Å²) in [4.78, 5) is 4.85. The van der Waals surface area contributed by atoms with Crippen LogP contribution in [0.5, 0.6) is 5.75 Å². The maximum atomic E-state index is 11.1. The molecule has 0 spiro atoms. The van der Waals surface area contributed by atoms with Crippen LogP contribution in [0.3, 0.4) is 0 Å². The van der Waals surface area contributed by atoms with Crippen LogP contribution in [-0.2, 0) is 10.8 Å². The molecule has 0 fully saturated rings. The van der Waals surface area contributed by atoms with Gasteiger partial charge in [0, 0.05) is 21.2 Å². The molecule has 0 aliphatic rings. The van der Waals surface area contributed by atoms with Crippen molar-refractivity contribution in [2.75, 3.05) is 0 Å². The molecular weight excluding hydrogens is 474 g/mol. The number of phenolic OH excluding ortho intramolecular Hbond substituents is 1. The highest BCUT2D eigenvalue weighted by molar-refractivity contribution is 9.10. The van der Waals surface area contributed by atoms with Crippen LogP contribution in [0.15, 0.2) is 81.3 Å². The first kappa shape index (κ1) is 24.7. The summed E-state index contributed by atoms with van der Waals surface area (Å²) in [6.07, 6.45) is 1.77. The molecule has 0 saturated heterocycles. The van der Waals surface area contributed by atoms with Crippen molar-refractivity contribution in [1.82, 2.24) is 5.43 Å². The lowest BCUT2D eigenvalue weighted by Crippen LogP contribution is -2.23. The van der Waals surface area contributed by atoms with Gasteiger partial charge in [0.1, 0.15) is 5.75 Å². The fraction of sp³-hybridized carbons (Fsp3) is 0.286. The van der Waals surface area contributed by atoms with Gasteiger partial charge in [-0.15, -0.1) is 0 Å². The second-order valence-corrected chi connectivity index (χ2v) is 11.1. The molecule has 0 heterocycles. The molecule has 0 atom stereocenters. The number of rotatable bonds is 4.